The molecule has 5 heteroatoms. The molecule has 0 aliphatic carbocycles. The Bertz CT molecular complexity index is 1540. The number of hydrogen-bond acceptors (Lipinski definition) is 4. The van der Waals surface area contributed by atoms with Crippen LogP contribution >= 0.6 is 0 Å². The Hall–Kier alpha value is -3.15. The monoisotopic (exact) mass is 694 g/mol. The molecule has 0 amide bonds. The van der Waals surface area contributed by atoms with E-state index in [1.165, 1.54) is 91.0 Å². The van der Waals surface area contributed by atoms with Gasteiger partial charge in [0, 0.05) is 37.8 Å². The third-order valence-electron chi connectivity index (χ3n) is 11.9. The van der Waals surface area contributed by atoms with Crippen molar-refractivity contribution in [2.24, 2.45) is 11.3 Å². The largest absolute Gasteiger partial charge is 0.354 e. The second kappa shape index (κ2) is 19.6. The molecule has 0 N–H and O–H groups in total. The first-order chi connectivity index (χ1) is 24.5. The number of aromatic nitrogens is 2. The molecular formula is C46H71N5. The maximum Gasteiger partial charge on any atom is 0.131 e. The quantitative estimate of drug-likeness (QED) is 0.117. The highest BCUT2D eigenvalue weighted by atomic mass is 15.4. The molecule has 2 unspecified atom stereocenters. The maximum atomic E-state index is 5.21. The van der Waals surface area contributed by atoms with Crippen molar-refractivity contribution in [3.63, 3.8) is 0 Å². The Kier molecular flexibility index (Phi) is 15.6. The van der Waals surface area contributed by atoms with Crippen molar-refractivity contribution >= 4 is 11.4 Å². The minimum absolute atomic E-state index is 0.220. The summed E-state index contributed by atoms with van der Waals surface area (Å²) in [7, 11) is 2.34. The highest BCUT2D eigenvalue weighted by molar-refractivity contribution is 5.80. The number of piperazine rings is 1. The van der Waals surface area contributed by atoms with Crippen molar-refractivity contribution < 1.29 is 0 Å². The van der Waals surface area contributed by atoms with Crippen LogP contribution in [0, 0.1) is 25.2 Å². The fourth-order valence-electron chi connectivity index (χ4n) is 7.97. The first-order valence-corrected chi connectivity index (χ1v) is 20.3. The molecule has 2 aromatic carbocycles. The van der Waals surface area contributed by atoms with Crippen molar-refractivity contribution in [2.45, 2.75) is 120 Å². The molecule has 1 saturated heterocycles. The molecule has 0 saturated carbocycles. The number of aryl methyl sites for hydroxylation is 2. The second-order valence-corrected chi connectivity index (χ2v) is 15.9. The third kappa shape index (κ3) is 10.9. The van der Waals surface area contributed by atoms with Gasteiger partial charge in [-0.1, -0.05) is 121 Å². The van der Waals surface area contributed by atoms with Gasteiger partial charge in [-0.3, -0.25) is 4.90 Å². The predicted octanol–water partition coefficient (Wildman–Crippen LogP) is 11.0. The van der Waals surface area contributed by atoms with E-state index in [1.807, 2.05) is 0 Å². The Balaban J connectivity index is 1.56. The lowest BCUT2D eigenvalue weighted by Crippen LogP contribution is -2.46. The van der Waals surface area contributed by atoms with E-state index in [-0.39, 0.29) is 5.41 Å². The number of benzene rings is 2. The van der Waals surface area contributed by atoms with Crippen LogP contribution in [0.2, 0.25) is 0 Å². The molecule has 1 aliphatic heterocycles. The lowest BCUT2D eigenvalue weighted by molar-refractivity contribution is 0.110. The standard InChI is InChI=1S/C46H71N5/c1-11-15-20-39(13-3)26-29-48(10)38(7)46(8,9)27-25-40-21-19-24-43(34-40)41(14-4)35-44(50-32-30-49(28-12-2)31-33-50)51-37(6)45(36(5)47-51)42-22-17-16-18-23-42/h14,16-19,21-24,34-35,38-39H,11-13,15,20,25-33H2,1-10H3/b41-14-,44-35-. The van der Waals surface area contributed by atoms with Crippen LogP contribution in [0.4, 0.5) is 0 Å². The van der Waals surface area contributed by atoms with Crippen molar-refractivity contribution in [3.05, 3.63) is 89.3 Å². The van der Waals surface area contributed by atoms with Crippen LogP contribution in [0.1, 0.15) is 116 Å². The fraction of sp³-hybridized carbons (Fsp3) is 0.587. The van der Waals surface area contributed by atoms with Crippen LogP contribution < -0.4 is 0 Å². The fourth-order valence-corrected chi connectivity index (χ4v) is 7.97. The molecule has 51 heavy (non-hydrogen) atoms. The summed E-state index contributed by atoms with van der Waals surface area (Å²) < 4.78 is 2.22. The lowest BCUT2D eigenvalue weighted by atomic mass is 9.79. The SMILES string of the molecule is C/C=C(/C=C(/N1CCN(CCC)CC1)n1nc(C)c(-c2ccccc2)c1C)c1cccc(CCC(C)(C)C(C)N(C)CCC(CC)CCCC)c1. The van der Waals surface area contributed by atoms with Gasteiger partial charge in [0.25, 0.3) is 0 Å². The number of unbranched alkanes of at least 4 members (excludes halogenated alkanes) is 1. The van der Waals surface area contributed by atoms with Gasteiger partial charge in [-0.2, -0.15) is 5.10 Å². The van der Waals surface area contributed by atoms with Crippen molar-refractivity contribution in [3.8, 4) is 11.1 Å². The van der Waals surface area contributed by atoms with Gasteiger partial charge in [0.15, 0.2) is 0 Å². The van der Waals surface area contributed by atoms with E-state index in [9.17, 15) is 0 Å². The van der Waals surface area contributed by atoms with Gasteiger partial charge in [-0.15, -0.1) is 0 Å². The van der Waals surface area contributed by atoms with E-state index in [2.05, 4.69) is 155 Å². The minimum atomic E-state index is 0.220. The maximum absolute atomic E-state index is 5.21. The van der Waals surface area contributed by atoms with Crippen molar-refractivity contribution in [1.29, 1.82) is 0 Å². The summed E-state index contributed by atoms with van der Waals surface area (Å²) in [5, 5.41) is 5.21. The summed E-state index contributed by atoms with van der Waals surface area (Å²) in [4.78, 5) is 7.78. The molecule has 4 rings (SSSR count). The van der Waals surface area contributed by atoms with E-state index >= 15 is 0 Å². The summed E-state index contributed by atoms with van der Waals surface area (Å²) in [5.41, 5.74) is 8.89. The van der Waals surface area contributed by atoms with Gasteiger partial charge in [-0.25, -0.2) is 4.68 Å². The molecule has 1 aromatic heterocycles. The Morgan fingerprint density at radius 2 is 1.67 bits per heavy atom. The average molecular weight is 694 g/mol. The molecule has 280 valence electrons. The van der Waals surface area contributed by atoms with Gasteiger partial charge in [-0.05, 0) is 113 Å². The Morgan fingerprint density at radius 3 is 2.31 bits per heavy atom. The molecule has 5 nitrogen and oxygen atoms in total. The van der Waals surface area contributed by atoms with Crippen LogP contribution in [-0.2, 0) is 6.42 Å². The van der Waals surface area contributed by atoms with Gasteiger partial charge in [0.2, 0.25) is 0 Å². The summed E-state index contributed by atoms with van der Waals surface area (Å²) >= 11 is 0. The van der Waals surface area contributed by atoms with E-state index in [0.717, 1.165) is 50.6 Å². The lowest BCUT2D eigenvalue weighted by Gasteiger charge is -2.39. The first-order valence-electron chi connectivity index (χ1n) is 20.3. The summed E-state index contributed by atoms with van der Waals surface area (Å²) in [6.45, 7) is 27.4. The van der Waals surface area contributed by atoms with Gasteiger partial charge in [0.1, 0.15) is 5.82 Å². The molecule has 0 bridgehead atoms. The van der Waals surface area contributed by atoms with Gasteiger partial charge >= 0.3 is 0 Å². The van der Waals surface area contributed by atoms with E-state index < -0.39 is 0 Å². The second-order valence-electron chi connectivity index (χ2n) is 15.9. The number of hydrogen-bond donors (Lipinski definition) is 0. The number of nitrogens with zero attached hydrogens (tertiary/aromatic N) is 5. The number of rotatable bonds is 19. The van der Waals surface area contributed by atoms with E-state index in [1.54, 1.807) is 0 Å². The molecule has 0 radical (unpaired) electrons. The zero-order valence-electron chi connectivity index (χ0n) is 34.1. The van der Waals surface area contributed by atoms with Crippen LogP contribution in [0.5, 0.6) is 0 Å². The molecule has 2 heterocycles. The summed E-state index contributed by atoms with van der Waals surface area (Å²) in [6.07, 6.45) is 14.8. The molecular weight excluding hydrogens is 623 g/mol. The highest BCUT2D eigenvalue weighted by Crippen LogP contribution is 2.33. The zero-order chi connectivity index (χ0) is 37.0. The van der Waals surface area contributed by atoms with E-state index in [4.69, 9.17) is 5.10 Å². The molecule has 0 spiro atoms. The minimum Gasteiger partial charge on any atom is -0.354 e. The topological polar surface area (TPSA) is 27.5 Å². The van der Waals surface area contributed by atoms with Crippen molar-refractivity contribution in [2.75, 3.05) is 46.3 Å². The third-order valence-corrected chi connectivity index (χ3v) is 11.9. The van der Waals surface area contributed by atoms with Crippen LogP contribution in [-0.4, -0.2) is 76.8 Å². The molecule has 2 atom stereocenters. The van der Waals surface area contributed by atoms with E-state index in [0.29, 0.717) is 6.04 Å². The van der Waals surface area contributed by atoms with Gasteiger partial charge in [0.05, 0.1) is 11.4 Å². The molecule has 3 aromatic rings. The van der Waals surface area contributed by atoms with Crippen molar-refractivity contribution in [1.82, 2.24) is 24.5 Å². The Labute approximate surface area is 312 Å². The normalized spacial score (nSPS) is 16.3. The van der Waals surface area contributed by atoms with Crippen LogP contribution in [0.15, 0.2) is 66.7 Å². The number of allylic oxidation sites excluding steroid dienone is 3. The first kappa shape index (κ1) is 40.6. The smallest absolute Gasteiger partial charge is 0.131 e. The zero-order valence-corrected chi connectivity index (χ0v) is 34.1. The van der Waals surface area contributed by atoms with Gasteiger partial charge < -0.3 is 9.80 Å². The summed E-state index contributed by atoms with van der Waals surface area (Å²) in [5.74, 6) is 2.03. The summed E-state index contributed by atoms with van der Waals surface area (Å²) in [6, 6.07) is 20.6. The molecule has 1 fully saturated rings. The molecule has 1 aliphatic rings. The van der Waals surface area contributed by atoms with Crippen LogP contribution in [0.3, 0.4) is 0 Å². The average Bonchev–Trinajstić information content (AvgIpc) is 3.44. The predicted molar refractivity (Wildman–Crippen MR) is 222 cm³/mol. The van der Waals surface area contributed by atoms with Crippen LogP contribution in [0.25, 0.3) is 22.5 Å². The Morgan fingerprint density at radius 1 is 0.941 bits per heavy atom. The highest BCUT2D eigenvalue weighted by Gasteiger charge is 2.29.